The van der Waals surface area contributed by atoms with Gasteiger partial charge in [0, 0.05) is 26.1 Å². The van der Waals surface area contributed by atoms with Crippen molar-refractivity contribution >= 4 is 18.3 Å². The molecule has 17 heavy (non-hydrogen) atoms. The van der Waals surface area contributed by atoms with Gasteiger partial charge >= 0.3 is 0 Å². The van der Waals surface area contributed by atoms with Crippen LogP contribution in [0.4, 0.5) is 0 Å². The van der Waals surface area contributed by atoms with E-state index < -0.39 is 0 Å². The topological polar surface area (TPSA) is 59.6 Å². The molecular formula is C11H23ClN2O3. The zero-order valence-corrected chi connectivity index (χ0v) is 11.2. The molecule has 102 valence electrons. The van der Waals surface area contributed by atoms with Crippen molar-refractivity contribution in [3.05, 3.63) is 0 Å². The lowest BCUT2D eigenvalue weighted by atomic mass is 10.1. The van der Waals surface area contributed by atoms with Gasteiger partial charge < -0.3 is 20.1 Å². The molecule has 6 heteroatoms. The Bertz CT molecular complexity index is 199. The number of ether oxygens (including phenoxy) is 2. The summed E-state index contributed by atoms with van der Waals surface area (Å²) in [6.45, 7) is 3.54. The summed E-state index contributed by atoms with van der Waals surface area (Å²) in [6, 6.07) is 0.292. The molecule has 1 rings (SSSR count). The molecule has 2 N–H and O–H groups in total. The van der Waals surface area contributed by atoms with Crippen LogP contribution < -0.4 is 10.6 Å². The first-order valence-corrected chi connectivity index (χ1v) is 5.89. The van der Waals surface area contributed by atoms with Gasteiger partial charge in [0.1, 0.15) is 0 Å². The Labute approximate surface area is 109 Å². The van der Waals surface area contributed by atoms with Crippen LogP contribution in [0.25, 0.3) is 0 Å². The third kappa shape index (κ3) is 8.37. The van der Waals surface area contributed by atoms with Crippen molar-refractivity contribution in [2.75, 3.05) is 40.0 Å². The Balaban J connectivity index is 0.00000256. The fourth-order valence-electron chi connectivity index (χ4n) is 1.68. The van der Waals surface area contributed by atoms with E-state index in [1.807, 2.05) is 0 Å². The minimum atomic E-state index is 0. The van der Waals surface area contributed by atoms with Crippen molar-refractivity contribution in [2.24, 2.45) is 0 Å². The number of hydrogen-bond acceptors (Lipinski definition) is 4. The molecule has 1 fully saturated rings. The van der Waals surface area contributed by atoms with Crippen molar-refractivity contribution in [3.63, 3.8) is 0 Å². The maximum absolute atomic E-state index is 11.5. The first-order valence-electron chi connectivity index (χ1n) is 5.89. The minimum Gasteiger partial charge on any atom is -0.382 e. The van der Waals surface area contributed by atoms with Gasteiger partial charge in [0.15, 0.2) is 0 Å². The molecule has 5 nitrogen and oxygen atoms in total. The molecule has 0 radical (unpaired) electrons. The predicted molar refractivity (Wildman–Crippen MR) is 68.6 cm³/mol. The number of rotatable bonds is 7. The number of halogens is 1. The summed E-state index contributed by atoms with van der Waals surface area (Å²) in [5.74, 6) is 0.0751. The van der Waals surface area contributed by atoms with Crippen LogP contribution in [-0.2, 0) is 14.3 Å². The molecule has 1 aliphatic rings. The van der Waals surface area contributed by atoms with Crippen LogP contribution >= 0.6 is 12.4 Å². The van der Waals surface area contributed by atoms with E-state index in [1.165, 1.54) is 0 Å². The highest BCUT2D eigenvalue weighted by Crippen LogP contribution is 2.01. The summed E-state index contributed by atoms with van der Waals surface area (Å²) in [7, 11) is 1.63. The summed E-state index contributed by atoms with van der Waals surface area (Å²) in [5, 5.41) is 6.26. The number of carbonyl (C=O) groups excluding carboxylic acids is 1. The smallest absolute Gasteiger partial charge is 0.222 e. The molecule has 0 spiro atoms. The van der Waals surface area contributed by atoms with E-state index >= 15 is 0 Å². The van der Waals surface area contributed by atoms with Crippen molar-refractivity contribution in [1.29, 1.82) is 0 Å². The quantitative estimate of drug-likeness (QED) is 0.652. The highest BCUT2D eigenvalue weighted by molar-refractivity contribution is 5.85. The number of amides is 1. The maximum atomic E-state index is 11.5. The molecular weight excluding hydrogens is 244 g/mol. The molecule has 0 saturated carbocycles. The van der Waals surface area contributed by atoms with Gasteiger partial charge in [-0.3, -0.25) is 4.79 Å². The third-order valence-corrected chi connectivity index (χ3v) is 2.57. The fraction of sp³-hybridized carbons (Fsp3) is 0.909. The molecule has 0 unspecified atom stereocenters. The van der Waals surface area contributed by atoms with E-state index in [-0.39, 0.29) is 18.3 Å². The van der Waals surface area contributed by atoms with Crippen molar-refractivity contribution < 1.29 is 14.3 Å². The van der Waals surface area contributed by atoms with Gasteiger partial charge in [-0.15, -0.1) is 12.4 Å². The van der Waals surface area contributed by atoms with E-state index in [0.717, 1.165) is 25.9 Å². The molecule has 1 amide bonds. The van der Waals surface area contributed by atoms with Gasteiger partial charge in [-0.05, 0) is 19.4 Å². The van der Waals surface area contributed by atoms with Gasteiger partial charge in [-0.1, -0.05) is 0 Å². The Hall–Kier alpha value is -0.360. The Kier molecular flexibility index (Phi) is 10.5. The van der Waals surface area contributed by atoms with Crippen LogP contribution in [0.5, 0.6) is 0 Å². The Morgan fingerprint density at radius 1 is 1.41 bits per heavy atom. The van der Waals surface area contributed by atoms with Gasteiger partial charge in [0.05, 0.1) is 19.8 Å². The van der Waals surface area contributed by atoms with Gasteiger partial charge in [-0.25, -0.2) is 0 Å². The SMILES string of the molecule is COCCOCCC(=O)N[C@H]1CCCNC1.Cl. The minimum absolute atomic E-state index is 0. The molecule has 1 saturated heterocycles. The van der Waals surface area contributed by atoms with Crippen LogP contribution in [0.3, 0.4) is 0 Å². The molecule has 0 aromatic heterocycles. The van der Waals surface area contributed by atoms with Crippen molar-refractivity contribution in [2.45, 2.75) is 25.3 Å². The van der Waals surface area contributed by atoms with E-state index in [0.29, 0.717) is 32.3 Å². The van der Waals surface area contributed by atoms with Crippen LogP contribution in [0, 0.1) is 0 Å². The second-order valence-electron chi connectivity index (χ2n) is 3.97. The largest absolute Gasteiger partial charge is 0.382 e. The summed E-state index contributed by atoms with van der Waals surface area (Å²) >= 11 is 0. The number of hydrogen-bond donors (Lipinski definition) is 2. The average Bonchev–Trinajstić information content (AvgIpc) is 2.30. The van der Waals surface area contributed by atoms with E-state index in [4.69, 9.17) is 9.47 Å². The number of piperidine rings is 1. The first kappa shape index (κ1) is 16.6. The van der Waals surface area contributed by atoms with Crippen LogP contribution in [0.1, 0.15) is 19.3 Å². The third-order valence-electron chi connectivity index (χ3n) is 2.57. The second kappa shape index (κ2) is 10.8. The lowest BCUT2D eigenvalue weighted by molar-refractivity contribution is -0.123. The molecule has 1 heterocycles. The monoisotopic (exact) mass is 266 g/mol. The predicted octanol–water partition coefficient (Wildman–Crippen LogP) is 0.330. The van der Waals surface area contributed by atoms with Crippen molar-refractivity contribution in [1.82, 2.24) is 10.6 Å². The maximum Gasteiger partial charge on any atom is 0.222 e. The van der Waals surface area contributed by atoms with E-state index in [2.05, 4.69) is 10.6 Å². The molecule has 1 aliphatic heterocycles. The second-order valence-corrected chi connectivity index (χ2v) is 3.97. The van der Waals surface area contributed by atoms with Gasteiger partial charge in [-0.2, -0.15) is 0 Å². The highest BCUT2D eigenvalue weighted by atomic mass is 35.5. The zero-order chi connectivity index (χ0) is 11.6. The van der Waals surface area contributed by atoms with Gasteiger partial charge in [0.25, 0.3) is 0 Å². The zero-order valence-electron chi connectivity index (χ0n) is 10.4. The molecule has 0 aromatic rings. The number of carbonyl (C=O) groups is 1. The van der Waals surface area contributed by atoms with E-state index in [1.54, 1.807) is 7.11 Å². The molecule has 0 aliphatic carbocycles. The summed E-state index contributed by atoms with van der Waals surface area (Å²) in [6.07, 6.45) is 2.64. The normalized spacial score (nSPS) is 19.5. The lowest BCUT2D eigenvalue weighted by Gasteiger charge is -2.23. The standard InChI is InChI=1S/C11H22N2O3.ClH/c1-15-7-8-16-6-4-11(14)13-10-3-2-5-12-9-10;/h10,12H,2-9H2,1H3,(H,13,14);1H/t10-;/m0./s1. The molecule has 0 aromatic carbocycles. The highest BCUT2D eigenvalue weighted by Gasteiger charge is 2.14. The average molecular weight is 267 g/mol. The number of nitrogens with one attached hydrogen (secondary N) is 2. The fourth-order valence-corrected chi connectivity index (χ4v) is 1.68. The van der Waals surface area contributed by atoms with Crippen LogP contribution in [0.2, 0.25) is 0 Å². The summed E-state index contributed by atoms with van der Waals surface area (Å²) < 4.78 is 10.1. The van der Waals surface area contributed by atoms with Gasteiger partial charge in [0.2, 0.25) is 5.91 Å². The summed E-state index contributed by atoms with van der Waals surface area (Å²) in [4.78, 5) is 11.5. The Morgan fingerprint density at radius 2 is 2.24 bits per heavy atom. The number of methoxy groups -OCH3 is 1. The Morgan fingerprint density at radius 3 is 2.88 bits per heavy atom. The van der Waals surface area contributed by atoms with Crippen LogP contribution in [0.15, 0.2) is 0 Å². The summed E-state index contributed by atoms with van der Waals surface area (Å²) in [5.41, 5.74) is 0. The molecule has 1 atom stereocenters. The van der Waals surface area contributed by atoms with Crippen LogP contribution in [-0.4, -0.2) is 52.0 Å². The lowest BCUT2D eigenvalue weighted by Crippen LogP contribution is -2.45. The van der Waals surface area contributed by atoms with Crippen molar-refractivity contribution in [3.8, 4) is 0 Å². The van der Waals surface area contributed by atoms with E-state index in [9.17, 15) is 4.79 Å². The first-order chi connectivity index (χ1) is 7.83. The molecule has 0 bridgehead atoms.